The minimum Gasteiger partial charge on any atom is -0.370 e. The second-order valence-corrected chi connectivity index (χ2v) is 4.94. The largest absolute Gasteiger partial charge is 0.370 e. The summed E-state index contributed by atoms with van der Waals surface area (Å²) in [6.07, 6.45) is 1.72. The van der Waals surface area contributed by atoms with Crippen molar-refractivity contribution in [3.63, 3.8) is 0 Å². The molecule has 0 aromatic heterocycles. The number of halogens is 1. The molecule has 108 valence electrons. The number of hydrogen-bond donors (Lipinski definition) is 2. The van der Waals surface area contributed by atoms with Crippen molar-refractivity contribution >= 4 is 17.6 Å². The van der Waals surface area contributed by atoms with E-state index in [-0.39, 0.29) is 12.2 Å². The van der Waals surface area contributed by atoms with E-state index in [0.29, 0.717) is 18.5 Å². The second-order valence-electron chi connectivity index (χ2n) is 4.94. The average Bonchev–Trinajstić information content (AvgIpc) is 2.40. The molecular weight excluding hydrogens is 261 g/mol. The highest BCUT2D eigenvalue weighted by atomic mass is 19.1. The van der Waals surface area contributed by atoms with Crippen LogP contribution in [0.25, 0.3) is 0 Å². The fourth-order valence-corrected chi connectivity index (χ4v) is 2.63. The molecule has 0 fully saturated rings. The molecule has 20 heavy (non-hydrogen) atoms. The van der Waals surface area contributed by atoms with Crippen molar-refractivity contribution < 1.29 is 14.0 Å². The number of anilines is 1. The number of rotatable bonds is 3. The Kier molecular flexibility index (Phi) is 4.22. The van der Waals surface area contributed by atoms with Crippen LogP contribution in [0.1, 0.15) is 24.0 Å². The highest BCUT2D eigenvalue weighted by Crippen LogP contribution is 2.32. The van der Waals surface area contributed by atoms with Gasteiger partial charge < -0.3 is 10.6 Å². The second kappa shape index (κ2) is 5.90. The number of carbonyl (C=O) groups excluding carboxylic acids is 2. The summed E-state index contributed by atoms with van der Waals surface area (Å²) >= 11 is 0. The number of aryl methyl sites for hydroxylation is 1. The van der Waals surface area contributed by atoms with Crippen LogP contribution in [0.4, 0.5) is 14.9 Å². The fourth-order valence-electron chi connectivity index (χ4n) is 2.63. The van der Waals surface area contributed by atoms with Gasteiger partial charge in [0.2, 0.25) is 5.91 Å². The van der Waals surface area contributed by atoms with Crippen LogP contribution in [-0.4, -0.2) is 25.0 Å². The van der Waals surface area contributed by atoms with E-state index >= 15 is 0 Å². The molecule has 1 aromatic rings. The van der Waals surface area contributed by atoms with Gasteiger partial charge in [0, 0.05) is 30.8 Å². The summed E-state index contributed by atoms with van der Waals surface area (Å²) in [5, 5.41) is 2.03. The molecule has 0 bridgehead atoms. The Morgan fingerprint density at radius 1 is 1.45 bits per heavy atom. The van der Waals surface area contributed by atoms with E-state index in [9.17, 15) is 14.0 Å². The average molecular weight is 279 g/mol. The van der Waals surface area contributed by atoms with Crippen LogP contribution in [0.15, 0.2) is 12.1 Å². The molecule has 6 heteroatoms. The molecule has 0 radical (unpaired) electrons. The molecule has 1 heterocycles. The maximum atomic E-state index is 13.8. The van der Waals surface area contributed by atoms with Crippen LogP contribution >= 0.6 is 0 Å². The minimum atomic E-state index is -0.851. The van der Waals surface area contributed by atoms with Crippen LogP contribution in [0.2, 0.25) is 0 Å². The Morgan fingerprint density at radius 2 is 2.20 bits per heavy atom. The lowest BCUT2D eigenvalue weighted by molar-refractivity contribution is -0.119. The number of urea groups is 1. The summed E-state index contributed by atoms with van der Waals surface area (Å²) < 4.78 is 13.8. The monoisotopic (exact) mass is 279 g/mol. The number of primary amides is 1. The topological polar surface area (TPSA) is 75.4 Å². The molecule has 5 nitrogen and oxygen atoms in total. The number of nitrogens with two attached hydrogens (primary N) is 1. The summed E-state index contributed by atoms with van der Waals surface area (Å²) in [7, 11) is 0. The molecule has 0 unspecified atom stereocenters. The van der Waals surface area contributed by atoms with Crippen molar-refractivity contribution in [3.8, 4) is 0 Å². The number of hydrogen-bond acceptors (Lipinski definition) is 3. The zero-order valence-corrected chi connectivity index (χ0v) is 11.4. The highest BCUT2D eigenvalue weighted by molar-refractivity contribution is 5.93. The lowest BCUT2D eigenvalue weighted by Gasteiger charge is -2.32. The van der Waals surface area contributed by atoms with E-state index in [2.05, 4.69) is 0 Å². The number of imide groups is 1. The fraction of sp³-hybridized carbons (Fsp3) is 0.429. The number of nitrogens with zero attached hydrogens (tertiary/aromatic N) is 1. The number of amides is 3. The third kappa shape index (κ3) is 3.07. The standard InChI is InChI=1S/C14H18FN3O2/c1-9-4-5-11(15)10-3-2-7-18(13(9)10)8-6-12(19)17-14(16)20/h4-5H,2-3,6-8H2,1H3,(H3,16,17,19,20). The smallest absolute Gasteiger partial charge is 0.318 e. The molecule has 0 saturated carbocycles. The maximum Gasteiger partial charge on any atom is 0.318 e. The molecule has 0 saturated heterocycles. The van der Waals surface area contributed by atoms with E-state index < -0.39 is 11.9 Å². The molecule has 3 N–H and O–H groups in total. The predicted octanol–water partition coefficient (Wildman–Crippen LogP) is 1.47. The molecule has 0 spiro atoms. The Hall–Kier alpha value is -2.11. The van der Waals surface area contributed by atoms with E-state index in [1.807, 2.05) is 17.1 Å². The molecule has 1 aliphatic heterocycles. The van der Waals surface area contributed by atoms with Crippen LogP contribution in [-0.2, 0) is 11.2 Å². The first-order chi connectivity index (χ1) is 9.49. The molecule has 0 atom stereocenters. The van der Waals surface area contributed by atoms with Crippen molar-refractivity contribution in [2.24, 2.45) is 5.73 Å². The summed E-state index contributed by atoms with van der Waals surface area (Å²) in [4.78, 5) is 24.0. The summed E-state index contributed by atoms with van der Waals surface area (Å²) in [5.41, 5.74) is 7.48. The first kappa shape index (κ1) is 14.3. The molecule has 3 amide bonds. The Morgan fingerprint density at radius 3 is 2.90 bits per heavy atom. The Balaban J connectivity index is 2.11. The van der Waals surface area contributed by atoms with E-state index in [1.54, 1.807) is 6.07 Å². The Labute approximate surface area is 116 Å². The van der Waals surface area contributed by atoms with E-state index in [1.165, 1.54) is 6.07 Å². The van der Waals surface area contributed by atoms with Gasteiger partial charge in [0.1, 0.15) is 5.82 Å². The first-order valence-electron chi connectivity index (χ1n) is 6.61. The molecule has 1 aromatic carbocycles. The van der Waals surface area contributed by atoms with E-state index in [0.717, 1.165) is 24.2 Å². The van der Waals surface area contributed by atoms with Crippen molar-refractivity contribution in [2.75, 3.05) is 18.0 Å². The molecule has 1 aliphatic rings. The van der Waals surface area contributed by atoms with Crippen molar-refractivity contribution in [1.29, 1.82) is 0 Å². The summed E-state index contributed by atoms with van der Waals surface area (Å²) in [5.74, 6) is -0.615. The van der Waals surface area contributed by atoms with Gasteiger partial charge in [-0.2, -0.15) is 0 Å². The van der Waals surface area contributed by atoms with Crippen LogP contribution in [0.5, 0.6) is 0 Å². The van der Waals surface area contributed by atoms with Gasteiger partial charge in [-0.15, -0.1) is 0 Å². The van der Waals surface area contributed by atoms with Gasteiger partial charge in [-0.3, -0.25) is 10.1 Å². The SMILES string of the molecule is Cc1ccc(F)c2c1N(CCC(=O)NC(N)=O)CCC2. The quantitative estimate of drug-likeness (QED) is 0.879. The predicted molar refractivity (Wildman–Crippen MR) is 74.0 cm³/mol. The molecule has 0 aliphatic carbocycles. The third-order valence-electron chi connectivity index (χ3n) is 3.47. The van der Waals surface area contributed by atoms with E-state index in [4.69, 9.17) is 5.73 Å². The van der Waals surface area contributed by atoms with Gasteiger partial charge in [-0.05, 0) is 31.4 Å². The molecular formula is C14H18FN3O2. The Bertz CT molecular complexity index is 545. The van der Waals surface area contributed by atoms with Crippen molar-refractivity contribution in [3.05, 3.63) is 29.1 Å². The number of carbonyl (C=O) groups is 2. The van der Waals surface area contributed by atoms with Gasteiger partial charge in [0.25, 0.3) is 0 Å². The maximum absolute atomic E-state index is 13.8. The minimum absolute atomic E-state index is 0.151. The number of nitrogens with one attached hydrogen (secondary N) is 1. The van der Waals surface area contributed by atoms with Crippen molar-refractivity contribution in [1.82, 2.24) is 5.32 Å². The normalized spacial score (nSPS) is 13.8. The van der Waals surface area contributed by atoms with Gasteiger partial charge in [0.15, 0.2) is 0 Å². The van der Waals surface area contributed by atoms with Crippen LogP contribution in [0, 0.1) is 12.7 Å². The van der Waals surface area contributed by atoms with Gasteiger partial charge in [0.05, 0.1) is 0 Å². The zero-order chi connectivity index (χ0) is 14.7. The zero-order valence-electron chi connectivity index (χ0n) is 11.4. The van der Waals surface area contributed by atoms with Crippen LogP contribution in [0.3, 0.4) is 0 Å². The van der Waals surface area contributed by atoms with Gasteiger partial charge in [-0.1, -0.05) is 6.07 Å². The lowest BCUT2D eigenvalue weighted by atomic mass is 9.97. The summed E-state index contributed by atoms with van der Waals surface area (Å²) in [6, 6.07) is 2.38. The number of benzene rings is 1. The lowest BCUT2D eigenvalue weighted by Crippen LogP contribution is -2.38. The first-order valence-corrected chi connectivity index (χ1v) is 6.61. The number of fused-ring (bicyclic) bond motifs is 1. The molecule has 2 rings (SSSR count). The highest BCUT2D eigenvalue weighted by Gasteiger charge is 2.22. The third-order valence-corrected chi connectivity index (χ3v) is 3.47. The van der Waals surface area contributed by atoms with Crippen LogP contribution < -0.4 is 16.0 Å². The van der Waals surface area contributed by atoms with Gasteiger partial charge >= 0.3 is 6.03 Å². The van der Waals surface area contributed by atoms with Gasteiger partial charge in [-0.25, -0.2) is 9.18 Å². The summed E-state index contributed by atoms with van der Waals surface area (Å²) in [6.45, 7) is 3.15. The van der Waals surface area contributed by atoms with Crippen molar-refractivity contribution in [2.45, 2.75) is 26.2 Å².